The molecule has 0 aromatic rings. The van der Waals surface area contributed by atoms with Gasteiger partial charge in [-0.05, 0) is 32.6 Å². The number of carboxylic acids is 1. The molecule has 5 nitrogen and oxygen atoms in total. The Morgan fingerprint density at radius 1 is 1.33 bits per heavy atom. The lowest BCUT2D eigenvalue weighted by Crippen LogP contribution is -2.53. The van der Waals surface area contributed by atoms with E-state index in [1.165, 1.54) is 0 Å². The first-order valence-electron chi connectivity index (χ1n) is 6.87. The maximum Gasteiger partial charge on any atom is 0.318 e. The van der Waals surface area contributed by atoms with Crippen LogP contribution in [0.25, 0.3) is 0 Å². The molecule has 0 radical (unpaired) electrons. The summed E-state index contributed by atoms with van der Waals surface area (Å²) in [5, 5.41) is 12.0. The average molecular weight is 254 g/mol. The van der Waals surface area contributed by atoms with E-state index in [1.807, 2.05) is 11.8 Å². The molecule has 2 rings (SSSR count). The Hall–Kier alpha value is -1.26. The second-order valence-electron chi connectivity index (χ2n) is 5.51. The van der Waals surface area contributed by atoms with Gasteiger partial charge in [0, 0.05) is 12.6 Å². The zero-order valence-electron chi connectivity index (χ0n) is 10.9. The lowest BCUT2D eigenvalue weighted by atomic mass is 9.93. The van der Waals surface area contributed by atoms with Crippen LogP contribution in [0, 0.1) is 0 Å². The number of carbonyl (C=O) groups is 2. The first-order chi connectivity index (χ1) is 8.56. The zero-order valence-corrected chi connectivity index (χ0v) is 10.9. The number of nitrogens with one attached hydrogen (secondary N) is 1. The highest BCUT2D eigenvalue weighted by Gasteiger charge is 2.40. The van der Waals surface area contributed by atoms with E-state index < -0.39 is 11.5 Å². The number of amides is 2. The van der Waals surface area contributed by atoms with Gasteiger partial charge >= 0.3 is 12.0 Å². The maximum atomic E-state index is 12.2. The van der Waals surface area contributed by atoms with Crippen LogP contribution in [0.3, 0.4) is 0 Å². The van der Waals surface area contributed by atoms with Crippen molar-refractivity contribution in [3.8, 4) is 0 Å². The van der Waals surface area contributed by atoms with Gasteiger partial charge in [-0.25, -0.2) is 4.79 Å². The predicted molar refractivity (Wildman–Crippen MR) is 67.4 cm³/mol. The van der Waals surface area contributed by atoms with Crippen LogP contribution in [0.1, 0.15) is 51.9 Å². The Kier molecular flexibility index (Phi) is 3.78. The summed E-state index contributed by atoms with van der Waals surface area (Å²) in [7, 11) is 0. The van der Waals surface area contributed by atoms with E-state index in [9.17, 15) is 9.59 Å². The second kappa shape index (κ2) is 5.16. The van der Waals surface area contributed by atoms with E-state index in [0.717, 1.165) is 38.5 Å². The van der Waals surface area contributed by atoms with E-state index in [4.69, 9.17) is 5.11 Å². The number of hydrogen-bond acceptors (Lipinski definition) is 2. The highest BCUT2D eigenvalue weighted by Crippen LogP contribution is 2.34. The molecule has 0 aliphatic heterocycles. The van der Waals surface area contributed by atoms with Crippen LogP contribution in [0.5, 0.6) is 0 Å². The van der Waals surface area contributed by atoms with Crippen molar-refractivity contribution in [1.29, 1.82) is 0 Å². The number of aliphatic carboxylic acids is 1. The Bertz CT molecular complexity index is 333. The summed E-state index contributed by atoms with van der Waals surface area (Å²) in [4.78, 5) is 25.0. The molecule has 2 saturated carbocycles. The van der Waals surface area contributed by atoms with Gasteiger partial charge in [0.25, 0.3) is 0 Å². The van der Waals surface area contributed by atoms with Crippen molar-refractivity contribution in [2.75, 3.05) is 6.54 Å². The molecular formula is C13H22N2O3. The van der Waals surface area contributed by atoms with E-state index in [0.29, 0.717) is 12.6 Å². The molecule has 0 spiro atoms. The number of hydrogen-bond donors (Lipinski definition) is 2. The third kappa shape index (κ3) is 2.94. The first-order valence-corrected chi connectivity index (χ1v) is 6.87. The van der Waals surface area contributed by atoms with Crippen LogP contribution in [0.4, 0.5) is 4.79 Å². The van der Waals surface area contributed by atoms with Crippen molar-refractivity contribution in [2.24, 2.45) is 0 Å². The average Bonchev–Trinajstić information content (AvgIpc) is 3.01. The third-order valence-electron chi connectivity index (χ3n) is 4.01. The van der Waals surface area contributed by atoms with E-state index in [1.54, 1.807) is 0 Å². The molecule has 2 aliphatic carbocycles. The maximum absolute atomic E-state index is 12.2. The minimum atomic E-state index is -0.827. The van der Waals surface area contributed by atoms with Crippen LogP contribution in [0.15, 0.2) is 0 Å². The van der Waals surface area contributed by atoms with Crippen molar-refractivity contribution in [3.63, 3.8) is 0 Å². The largest absolute Gasteiger partial charge is 0.481 e. The summed E-state index contributed by atoms with van der Waals surface area (Å²) in [6, 6.07) is 0.293. The molecule has 0 saturated heterocycles. The minimum absolute atomic E-state index is 0.0426. The predicted octanol–water partition coefficient (Wildman–Crippen LogP) is 1.97. The van der Waals surface area contributed by atoms with Crippen LogP contribution in [0.2, 0.25) is 0 Å². The molecule has 0 atom stereocenters. The summed E-state index contributed by atoms with van der Waals surface area (Å²) in [5.41, 5.74) is -0.509. The molecule has 2 aliphatic rings. The highest BCUT2D eigenvalue weighted by atomic mass is 16.4. The number of carboxylic acid groups (broad SMARTS) is 1. The van der Waals surface area contributed by atoms with Gasteiger partial charge in [0.2, 0.25) is 0 Å². The Balaban J connectivity index is 1.99. The SMILES string of the molecule is CCN(C(=O)NC1(CC(=O)O)CCCC1)C1CC1. The van der Waals surface area contributed by atoms with E-state index in [2.05, 4.69) is 5.32 Å². The van der Waals surface area contributed by atoms with Crippen molar-refractivity contribution in [3.05, 3.63) is 0 Å². The number of urea groups is 1. The fourth-order valence-electron chi connectivity index (χ4n) is 2.94. The first kappa shape index (κ1) is 13.2. The van der Waals surface area contributed by atoms with Crippen LogP contribution < -0.4 is 5.32 Å². The van der Waals surface area contributed by atoms with Gasteiger partial charge in [0.1, 0.15) is 0 Å². The van der Waals surface area contributed by atoms with E-state index in [-0.39, 0.29) is 12.5 Å². The standard InChI is InChI=1S/C13H22N2O3/c1-2-15(10-5-6-10)12(18)14-13(9-11(16)17)7-3-4-8-13/h10H,2-9H2,1H3,(H,14,18)(H,16,17). The monoisotopic (exact) mass is 254 g/mol. The third-order valence-corrected chi connectivity index (χ3v) is 4.01. The topological polar surface area (TPSA) is 69.6 Å². The summed E-state index contributed by atoms with van der Waals surface area (Å²) in [5.74, 6) is -0.827. The van der Waals surface area contributed by atoms with Crippen LogP contribution in [-0.4, -0.2) is 40.1 Å². The molecule has 0 heterocycles. The Labute approximate surface area is 108 Å². The molecule has 0 aromatic carbocycles. The Morgan fingerprint density at radius 2 is 1.94 bits per heavy atom. The molecule has 2 N–H and O–H groups in total. The van der Waals surface area contributed by atoms with Gasteiger partial charge < -0.3 is 15.3 Å². The minimum Gasteiger partial charge on any atom is -0.481 e. The van der Waals surface area contributed by atoms with Gasteiger partial charge in [-0.2, -0.15) is 0 Å². The van der Waals surface area contributed by atoms with Gasteiger partial charge in [-0.1, -0.05) is 12.8 Å². The number of nitrogens with zero attached hydrogens (tertiary/aromatic N) is 1. The normalized spacial score (nSPS) is 21.6. The van der Waals surface area contributed by atoms with Crippen LogP contribution >= 0.6 is 0 Å². The molecule has 2 fully saturated rings. The van der Waals surface area contributed by atoms with Crippen molar-refractivity contribution >= 4 is 12.0 Å². The summed E-state index contributed by atoms with van der Waals surface area (Å²) >= 11 is 0. The van der Waals surface area contributed by atoms with Crippen molar-refractivity contribution in [2.45, 2.75) is 63.5 Å². The van der Waals surface area contributed by atoms with Gasteiger partial charge in [-0.3, -0.25) is 4.79 Å². The second-order valence-corrected chi connectivity index (χ2v) is 5.51. The quantitative estimate of drug-likeness (QED) is 0.788. The van der Waals surface area contributed by atoms with Crippen molar-refractivity contribution in [1.82, 2.24) is 10.2 Å². The molecule has 18 heavy (non-hydrogen) atoms. The molecule has 0 unspecified atom stereocenters. The van der Waals surface area contributed by atoms with Gasteiger partial charge in [-0.15, -0.1) is 0 Å². The van der Waals surface area contributed by atoms with Gasteiger partial charge in [0.15, 0.2) is 0 Å². The summed E-state index contributed by atoms with van der Waals surface area (Å²) < 4.78 is 0. The number of carbonyl (C=O) groups excluding carboxylic acids is 1. The highest BCUT2D eigenvalue weighted by molar-refractivity contribution is 5.77. The fraction of sp³-hybridized carbons (Fsp3) is 0.846. The summed E-state index contributed by atoms with van der Waals surface area (Å²) in [6.45, 7) is 2.66. The smallest absolute Gasteiger partial charge is 0.318 e. The lowest BCUT2D eigenvalue weighted by molar-refractivity contribution is -0.138. The molecular weight excluding hydrogens is 232 g/mol. The number of rotatable bonds is 5. The molecule has 102 valence electrons. The molecule has 2 amide bonds. The molecule has 0 bridgehead atoms. The molecule has 5 heteroatoms. The summed E-state index contributed by atoms with van der Waals surface area (Å²) in [6.07, 6.45) is 5.77. The Morgan fingerprint density at radius 3 is 2.39 bits per heavy atom. The fourth-order valence-corrected chi connectivity index (χ4v) is 2.94. The zero-order chi connectivity index (χ0) is 13.2. The van der Waals surface area contributed by atoms with Crippen LogP contribution in [-0.2, 0) is 4.79 Å². The molecule has 0 aromatic heterocycles. The lowest BCUT2D eigenvalue weighted by Gasteiger charge is -2.32. The van der Waals surface area contributed by atoms with Crippen molar-refractivity contribution < 1.29 is 14.7 Å². The van der Waals surface area contributed by atoms with E-state index >= 15 is 0 Å². The van der Waals surface area contributed by atoms with Gasteiger partial charge in [0.05, 0.1) is 12.0 Å².